The van der Waals surface area contributed by atoms with E-state index >= 15 is 0 Å². The van der Waals surface area contributed by atoms with E-state index in [1.807, 2.05) is 55.5 Å². The predicted octanol–water partition coefficient (Wildman–Crippen LogP) is 5.26. The van der Waals surface area contributed by atoms with Gasteiger partial charge in [-0.05, 0) is 48.2 Å². The minimum atomic E-state index is -0.331. The number of ether oxygens (including phenoxy) is 1. The Morgan fingerprint density at radius 3 is 2.63 bits per heavy atom. The summed E-state index contributed by atoms with van der Waals surface area (Å²) in [6, 6.07) is 17.4. The van der Waals surface area contributed by atoms with E-state index in [2.05, 4.69) is 4.90 Å². The van der Waals surface area contributed by atoms with Crippen LogP contribution in [0, 0.1) is 6.92 Å². The Hall–Kier alpha value is -2.98. The Balaban J connectivity index is 1.68. The van der Waals surface area contributed by atoms with Gasteiger partial charge in [0.25, 0.3) is 0 Å². The van der Waals surface area contributed by atoms with Gasteiger partial charge in [-0.2, -0.15) is 0 Å². The molecule has 0 fully saturated rings. The molecular weight excluding hydrogens is 362 g/mol. The second-order valence-corrected chi connectivity index (χ2v) is 7.17. The van der Waals surface area contributed by atoms with Crippen molar-refractivity contribution in [1.29, 1.82) is 0 Å². The summed E-state index contributed by atoms with van der Waals surface area (Å²) in [7, 11) is 0. The summed E-state index contributed by atoms with van der Waals surface area (Å²) >= 11 is 6.29. The molecule has 5 rings (SSSR count). The van der Waals surface area contributed by atoms with E-state index in [-0.39, 0.29) is 5.63 Å². The van der Waals surface area contributed by atoms with Crippen LogP contribution in [0.25, 0.3) is 21.7 Å². The zero-order valence-corrected chi connectivity index (χ0v) is 15.4. The van der Waals surface area contributed by atoms with Gasteiger partial charge in [0, 0.05) is 16.1 Å². The normalized spacial score (nSPS) is 13.6. The Kier molecular flexibility index (Phi) is 3.62. The molecule has 4 nitrogen and oxygen atoms in total. The summed E-state index contributed by atoms with van der Waals surface area (Å²) in [4.78, 5) is 14.5. The lowest BCUT2D eigenvalue weighted by Crippen LogP contribution is -2.32. The third kappa shape index (κ3) is 2.56. The van der Waals surface area contributed by atoms with Crippen molar-refractivity contribution in [2.75, 3.05) is 11.6 Å². The Bertz CT molecular complexity index is 1260. The number of anilines is 1. The van der Waals surface area contributed by atoms with Crippen LogP contribution in [0.4, 0.5) is 5.69 Å². The quantitative estimate of drug-likeness (QED) is 0.335. The van der Waals surface area contributed by atoms with Crippen LogP contribution in [0.15, 0.2) is 63.8 Å². The average molecular weight is 378 g/mol. The van der Waals surface area contributed by atoms with Crippen molar-refractivity contribution >= 4 is 39.0 Å². The maximum Gasteiger partial charge on any atom is 0.344 e. The number of fused-ring (bicyclic) bond motifs is 5. The molecule has 0 bridgehead atoms. The second-order valence-electron chi connectivity index (χ2n) is 6.76. The van der Waals surface area contributed by atoms with Crippen LogP contribution in [0.3, 0.4) is 0 Å². The van der Waals surface area contributed by atoms with Crippen molar-refractivity contribution in [2.45, 2.75) is 13.5 Å². The van der Waals surface area contributed by atoms with Gasteiger partial charge in [-0.25, -0.2) is 4.79 Å². The fourth-order valence-corrected chi connectivity index (χ4v) is 3.77. The molecule has 0 aliphatic carbocycles. The number of nitrogens with zero attached hydrogens (tertiary/aromatic N) is 1. The average Bonchev–Trinajstić information content (AvgIpc) is 2.70. The molecule has 1 aliphatic heterocycles. The number of halogens is 1. The molecule has 4 aromatic rings. The van der Waals surface area contributed by atoms with Gasteiger partial charge in [-0.1, -0.05) is 35.9 Å². The minimum Gasteiger partial charge on any atom is -0.473 e. The number of hydrogen-bond acceptors (Lipinski definition) is 4. The molecule has 0 amide bonds. The Labute approximate surface area is 160 Å². The van der Waals surface area contributed by atoms with E-state index in [4.69, 9.17) is 20.8 Å². The molecule has 0 unspecified atom stereocenters. The van der Waals surface area contributed by atoms with Gasteiger partial charge in [0.15, 0.2) is 6.73 Å². The SMILES string of the molecule is Cc1ccc(N2COc3ccc4c(oc(=O)c5ccccc54)c3C2)cc1Cl. The number of aryl methyl sites for hydroxylation is 1. The molecule has 27 heavy (non-hydrogen) atoms. The molecular formula is C22H16ClNO3. The highest BCUT2D eigenvalue weighted by atomic mass is 35.5. The summed E-state index contributed by atoms with van der Waals surface area (Å²) in [6.07, 6.45) is 0. The molecule has 0 saturated carbocycles. The smallest absolute Gasteiger partial charge is 0.344 e. The molecule has 3 aromatic carbocycles. The predicted molar refractivity (Wildman–Crippen MR) is 108 cm³/mol. The van der Waals surface area contributed by atoms with Gasteiger partial charge in [-0.15, -0.1) is 0 Å². The van der Waals surface area contributed by atoms with Crippen LogP contribution in [0.5, 0.6) is 5.75 Å². The van der Waals surface area contributed by atoms with Crippen LogP contribution in [-0.4, -0.2) is 6.73 Å². The molecule has 0 radical (unpaired) electrons. The lowest BCUT2D eigenvalue weighted by Gasteiger charge is -2.31. The van der Waals surface area contributed by atoms with Crippen LogP contribution < -0.4 is 15.3 Å². The largest absolute Gasteiger partial charge is 0.473 e. The van der Waals surface area contributed by atoms with Crippen LogP contribution in [0.1, 0.15) is 11.1 Å². The highest BCUT2D eigenvalue weighted by molar-refractivity contribution is 6.31. The van der Waals surface area contributed by atoms with Crippen molar-refractivity contribution < 1.29 is 9.15 Å². The summed E-state index contributed by atoms with van der Waals surface area (Å²) < 4.78 is 11.7. The van der Waals surface area contributed by atoms with Gasteiger partial charge in [0.2, 0.25) is 0 Å². The lowest BCUT2D eigenvalue weighted by atomic mass is 10.0. The lowest BCUT2D eigenvalue weighted by molar-refractivity contribution is 0.289. The topological polar surface area (TPSA) is 42.7 Å². The molecule has 0 spiro atoms. The fraction of sp³-hybridized carbons (Fsp3) is 0.136. The Morgan fingerprint density at radius 2 is 1.81 bits per heavy atom. The summed E-state index contributed by atoms with van der Waals surface area (Å²) in [5.41, 5.74) is 3.12. The van der Waals surface area contributed by atoms with E-state index < -0.39 is 0 Å². The highest BCUT2D eigenvalue weighted by Gasteiger charge is 2.23. The summed E-state index contributed by atoms with van der Waals surface area (Å²) in [5.74, 6) is 0.746. The van der Waals surface area contributed by atoms with Gasteiger partial charge in [-0.3, -0.25) is 0 Å². The number of hydrogen-bond donors (Lipinski definition) is 0. The molecule has 1 aliphatic rings. The maximum atomic E-state index is 12.5. The summed E-state index contributed by atoms with van der Waals surface area (Å²) in [6.45, 7) is 2.96. The third-order valence-corrected chi connectivity index (χ3v) is 5.50. The van der Waals surface area contributed by atoms with Crippen molar-refractivity contribution in [2.24, 2.45) is 0 Å². The van der Waals surface area contributed by atoms with Crippen molar-refractivity contribution in [1.82, 2.24) is 0 Å². The van der Waals surface area contributed by atoms with E-state index in [0.717, 1.165) is 33.3 Å². The first-order valence-electron chi connectivity index (χ1n) is 8.73. The summed E-state index contributed by atoms with van der Waals surface area (Å²) in [5, 5.41) is 3.11. The standard InChI is InChI=1S/C22H16ClNO3/c1-13-6-7-14(10-19(13)23)24-11-18-20(26-12-24)9-8-16-15-4-2-3-5-17(15)22(25)27-21(16)18/h2-10H,11-12H2,1H3. The highest BCUT2D eigenvalue weighted by Crippen LogP contribution is 2.36. The van der Waals surface area contributed by atoms with Gasteiger partial charge < -0.3 is 14.1 Å². The van der Waals surface area contributed by atoms with Crippen LogP contribution in [0.2, 0.25) is 5.02 Å². The van der Waals surface area contributed by atoms with E-state index in [1.165, 1.54) is 0 Å². The molecule has 0 saturated heterocycles. The molecule has 134 valence electrons. The fourth-order valence-electron chi connectivity index (χ4n) is 3.60. The van der Waals surface area contributed by atoms with Crippen LogP contribution in [-0.2, 0) is 6.54 Å². The van der Waals surface area contributed by atoms with Gasteiger partial charge in [0.1, 0.15) is 11.3 Å². The third-order valence-electron chi connectivity index (χ3n) is 5.09. The molecule has 1 aromatic heterocycles. The monoisotopic (exact) mass is 377 g/mol. The van der Waals surface area contributed by atoms with E-state index in [0.29, 0.717) is 29.3 Å². The van der Waals surface area contributed by atoms with Crippen molar-refractivity contribution in [3.05, 3.63) is 81.2 Å². The number of benzene rings is 3. The zero-order valence-electron chi connectivity index (χ0n) is 14.7. The molecule has 0 atom stereocenters. The van der Waals surface area contributed by atoms with Crippen molar-refractivity contribution in [3.8, 4) is 5.75 Å². The molecule has 2 heterocycles. The van der Waals surface area contributed by atoms with Gasteiger partial charge >= 0.3 is 5.63 Å². The first-order chi connectivity index (χ1) is 13.1. The van der Waals surface area contributed by atoms with Crippen molar-refractivity contribution in [3.63, 3.8) is 0 Å². The van der Waals surface area contributed by atoms with Gasteiger partial charge in [0.05, 0.1) is 17.5 Å². The number of rotatable bonds is 1. The molecule has 5 heteroatoms. The zero-order chi connectivity index (χ0) is 18.5. The Morgan fingerprint density at radius 1 is 1.00 bits per heavy atom. The first kappa shape index (κ1) is 16.2. The minimum absolute atomic E-state index is 0.331. The van der Waals surface area contributed by atoms with E-state index in [9.17, 15) is 4.79 Å². The van der Waals surface area contributed by atoms with Crippen LogP contribution >= 0.6 is 11.6 Å². The first-order valence-corrected chi connectivity index (χ1v) is 9.11. The maximum absolute atomic E-state index is 12.5. The molecule has 0 N–H and O–H groups in total. The second kappa shape index (κ2) is 6.03. The van der Waals surface area contributed by atoms with E-state index in [1.54, 1.807) is 6.07 Å².